The van der Waals surface area contributed by atoms with Crippen LogP contribution in [0.15, 0.2) is 33.6 Å². The van der Waals surface area contributed by atoms with E-state index in [4.69, 9.17) is 21.7 Å². The van der Waals surface area contributed by atoms with Crippen molar-refractivity contribution in [3.63, 3.8) is 0 Å². The van der Waals surface area contributed by atoms with E-state index in [1.807, 2.05) is 0 Å². The maximum absolute atomic E-state index is 11.9. The smallest absolute Gasteiger partial charge is 0.433 e. The fraction of sp³-hybridized carbons (Fsp3) is 0.0833. The third-order valence-electron chi connectivity index (χ3n) is 2.47. The summed E-state index contributed by atoms with van der Waals surface area (Å²) in [6.45, 7) is -0.490. The topological polar surface area (TPSA) is 114 Å². The Bertz CT molecular complexity index is 721. The van der Waals surface area contributed by atoms with Crippen molar-refractivity contribution in [2.45, 2.75) is 0 Å². The van der Waals surface area contributed by atoms with Crippen molar-refractivity contribution < 1.29 is 24.0 Å². The molecule has 1 aliphatic heterocycles. The van der Waals surface area contributed by atoms with Crippen molar-refractivity contribution in [1.82, 2.24) is 4.90 Å². The summed E-state index contributed by atoms with van der Waals surface area (Å²) in [5.74, 6) is -1.78. The molecule has 1 aromatic heterocycles. The fourth-order valence-corrected chi connectivity index (χ4v) is 2.75. The van der Waals surface area contributed by atoms with Crippen LogP contribution >= 0.6 is 24.0 Å². The lowest BCUT2D eigenvalue weighted by atomic mass is 10.3. The van der Waals surface area contributed by atoms with Gasteiger partial charge in [-0.2, -0.15) is 0 Å². The molecule has 22 heavy (non-hydrogen) atoms. The highest BCUT2D eigenvalue weighted by atomic mass is 32.2. The molecular formula is C12H8N2O6S2. The number of rotatable bonds is 5. The molecule has 2 heterocycles. The summed E-state index contributed by atoms with van der Waals surface area (Å²) < 4.78 is 5.08. The molecule has 0 atom stereocenters. The summed E-state index contributed by atoms with van der Waals surface area (Å²) >= 11 is 5.92. The van der Waals surface area contributed by atoms with Crippen molar-refractivity contribution in [3.05, 3.63) is 45.1 Å². The molecular weight excluding hydrogens is 332 g/mol. The Kier molecular flexibility index (Phi) is 4.73. The van der Waals surface area contributed by atoms with E-state index in [1.165, 1.54) is 30.4 Å². The number of carboxylic acids is 1. The second-order valence-electron chi connectivity index (χ2n) is 3.98. The Morgan fingerprint density at radius 1 is 1.55 bits per heavy atom. The summed E-state index contributed by atoms with van der Waals surface area (Å²) in [5.41, 5.74) is 0. The van der Waals surface area contributed by atoms with Crippen molar-refractivity contribution in [1.29, 1.82) is 0 Å². The molecule has 1 aliphatic rings. The van der Waals surface area contributed by atoms with Crippen LogP contribution < -0.4 is 0 Å². The van der Waals surface area contributed by atoms with E-state index >= 15 is 0 Å². The van der Waals surface area contributed by atoms with Crippen molar-refractivity contribution in [2.24, 2.45) is 0 Å². The fourth-order valence-electron chi connectivity index (χ4n) is 1.55. The highest BCUT2D eigenvalue weighted by Crippen LogP contribution is 2.30. The zero-order valence-electron chi connectivity index (χ0n) is 10.8. The molecule has 2 rings (SSSR count). The molecule has 0 saturated carbocycles. The van der Waals surface area contributed by atoms with Crippen molar-refractivity contribution >= 4 is 52.1 Å². The number of amides is 1. The Labute approximate surface area is 133 Å². The number of carbonyl (C=O) groups is 2. The largest absolute Gasteiger partial charge is 0.480 e. The van der Waals surface area contributed by atoms with E-state index in [9.17, 15) is 19.7 Å². The first-order valence-electron chi connectivity index (χ1n) is 5.76. The normalized spacial score (nSPS) is 16.9. The van der Waals surface area contributed by atoms with Crippen LogP contribution in [-0.2, 0) is 9.59 Å². The molecule has 8 nitrogen and oxygen atoms in total. The van der Waals surface area contributed by atoms with Gasteiger partial charge < -0.3 is 9.52 Å². The predicted molar refractivity (Wildman–Crippen MR) is 82.0 cm³/mol. The van der Waals surface area contributed by atoms with E-state index in [0.717, 1.165) is 16.7 Å². The van der Waals surface area contributed by atoms with E-state index < -0.39 is 23.3 Å². The van der Waals surface area contributed by atoms with Crippen LogP contribution in [0, 0.1) is 10.1 Å². The number of carboxylic acid groups (broad SMARTS) is 1. The van der Waals surface area contributed by atoms with Gasteiger partial charge in [-0.05, 0) is 18.2 Å². The monoisotopic (exact) mass is 340 g/mol. The highest BCUT2D eigenvalue weighted by Gasteiger charge is 2.32. The summed E-state index contributed by atoms with van der Waals surface area (Å²) in [6, 6.07) is 2.63. The van der Waals surface area contributed by atoms with E-state index in [0.29, 0.717) is 0 Å². The molecule has 0 spiro atoms. The van der Waals surface area contributed by atoms with Crippen LogP contribution in [0.5, 0.6) is 0 Å². The summed E-state index contributed by atoms with van der Waals surface area (Å²) in [5, 5.41) is 19.2. The number of thiocarbonyl (C=S) groups is 1. The molecule has 1 aromatic rings. The van der Waals surface area contributed by atoms with Gasteiger partial charge in [0.25, 0.3) is 5.91 Å². The first kappa shape index (κ1) is 15.9. The van der Waals surface area contributed by atoms with Gasteiger partial charge in [0.1, 0.15) is 21.5 Å². The number of carbonyl (C=O) groups excluding carboxylic acids is 1. The third kappa shape index (κ3) is 3.59. The Morgan fingerprint density at radius 3 is 2.86 bits per heavy atom. The molecule has 1 N–H and O–H groups in total. The summed E-state index contributed by atoms with van der Waals surface area (Å²) in [4.78, 5) is 33.6. The van der Waals surface area contributed by atoms with Gasteiger partial charge in [0, 0.05) is 0 Å². The zero-order valence-corrected chi connectivity index (χ0v) is 12.4. The van der Waals surface area contributed by atoms with Crippen LogP contribution in [0.25, 0.3) is 6.08 Å². The lowest BCUT2D eigenvalue weighted by Crippen LogP contribution is -2.33. The number of furan rings is 1. The third-order valence-corrected chi connectivity index (χ3v) is 3.86. The standard InChI is InChI=1S/C12H8N2O6S2/c15-10(16)6-13-11(17)8(22-12(13)21)3-1-2-7-4-5-9(20-7)14(18)19/h1-5H,6H2,(H,15,16)/b2-1+,8-3+. The molecule has 1 amide bonds. The number of allylic oxidation sites excluding steroid dienone is 2. The minimum Gasteiger partial charge on any atom is -0.480 e. The average molecular weight is 340 g/mol. The second kappa shape index (κ2) is 6.54. The molecule has 0 unspecified atom stereocenters. The first-order chi connectivity index (χ1) is 10.4. The summed E-state index contributed by atoms with van der Waals surface area (Å²) in [7, 11) is 0. The lowest BCUT2D eigenvalue weighted by molar-refractivity contribution is -0.402. The van der Waals surface area contributed by atoms with Gasteiger partial charge in [0.05, 0.1) is 11.0 Å². The minimum atomic E-state index is -1.16. The Balaban J connectivity index is 2.08. The van der Waals surface area contributed by atoms with Crippen LogP contribution in [0.4, 0.5) is 5.88 Å². The zero-order chi connectivity index (χ0) is 16.3. The predicted octanol–water partition coefficient (Wildman–Crippen LogP) is 2.03. The van der Waals surface area contributed by atoms with E-state index in [1.54, 1.807) is 0 Å². The van der Waals surface area contributed by atoms with Gasteiger partial charge in [0.15, 0.2) is 0 Å². The Morgan fingerprint density at radius 2 is 2.27 bits per heavy atom. The number of aliphatic carboxylic acids is 1. The van der Waals surface area contributed by atoms with Crippen molar-refractivity contribution in [3.8, 4) is 0 Å². The van der Waals surface area contributed by atoms with Gasteiger partial charge in [0.2, 0.25) is 0 Å². The highest BCUT2D eigenvalue weighted by molar-refractivity contribution is 8.26. The number of hydrogen-bond donors (Lipinski definition) is 1. The number of thioether (sulfide) groups is 1. The quantitative estimate of drug-likeness (QED) is 0.375. The SMILES string of the molecule is O=C(O)CN1C(=O)/C(=C\C=C\c2ccc([N+](=O)[O-])o2)SC1=S. The lowest BCUT2D eigenvalue weighted by Gasteiger charge is -2.09. The maximum Gasteiger partial charge on any atom is 0.433 e. The van der Waals surface area contributed by atoms with E-state index in [2.05, 4.69) is 0 Å². The molecule has 0 bridgehead atoms. The van der Waals surface area contributed by atoms with Gasteiger partial charge >= 0.3 is 11.9 Å². The summed E-state index contributed by atoms with van der Waals surface area (Å²) in [6.07, 6.45) is 4.35. The molecule has 0 aliphatic carbocycles. The molecule has 0 radical (unpaired) electrons. The van der Waals surface area contributed by atoms with Gasteiger partial charge in [-0.15, -0.1) is 0 Å². The molecule has 10 heteroatoms. The van der Waals surface area contributed by atoms with E-state index in [-0.39, 0.29) is 20.9 Å². The van der Waals surface area contributed by atoms with Crippen molar-refractivity contribution in [2.75, 3.05) is 6.54 Å². The molecule has 114 valence electrons. The number of nitrogens with zero attached hydrogens (tertiary/aromatic N) is 2. The van der Waals surface area contributed by atoms with Crippen LogP contribution in [0.3, 0.4) is 0 Å². The van der Waals surface area contributed by atoms with Gasteiger partial charge in [-0.1, -0.05) is 30.1 Å². The van der Waals surface area contributed by atoms with Crippen LogP contribution in [0.2, 0.25) is 0 Å². The molecule has 1 saturated heterocycles. The average Bonchev–Trinajstić information content (AvgIpc) is 3.00. The van der Waals surface area contributed by atoms with Gasteiger partial charge in [-0.3, -0.25) is 24.6 Å². The van der Waals surface area contributed by atoms with Crippen LogP contribution in [-0.4, -0.2) is 37.7 Å². The second-order valence-corrected chi connectivity index (χ2v) is 5.65. The minimum absolute atomic E-state index is 0.167. The van der Waals surface area contributed by atoms with Crippen LogP contribution in [0.1, 0.15) is 5.76 Å². The first-order valence-corrected chi connectivity index (χ1v) is 6.99. The maximum atomic E-state index is 11.9. The number of hydrogen-bond acceptors (Lipinski definition) is 7. The molecule has 1 fully saturated rings. The molecule has 0 aromatic carbocycles. The van der Waals surface area contributed by atoms with Gasteiger partial charge in [-0.25, -0.2) is 0 Å². The number of nitro groups is 1. The Hall–Kier alpha value is -2.46.